The zero-order chi connectivity index (χ0) is 93.1. The van der Waals surface area contributed by atoms with Crippen LogP contribution in [0.3, 0.4) is 0 Å². The van der Waals surface area contributed by atoms with Crippen molar-refractivity contribution in [2.24, 2.45) is 0 Å². The van der Waals surface area contributed by atoms with E-state index < -0.39 is 0 Å². The molecule has 22 rings (SSSR count). The van der Waals surface area contributed by atoms with Gasteiger partial charge in [0.05, 0.1) is 69.8 Å². The van der Waals surface area contributed by atoms with Gasteiger partial charge in [-0.15, -0.1) is 0 Å². The molecule has 0 aliphatic carbocycles. The molecule has 0 saturated carbocycles. The van der Waals surface area contributed by atoms with Crippen LogP contribution in [0.4, 0.5) is 0 Å². The molecule has 3 heterocycles. The van der Waals surface area contributed by atoms with Gasteiger partial charge in [0.1, 0.15) is 0 Å². The van der Waals surface area contributed by atoms with Crippen molar-refractivity contribution in [2.45, 2.75) is 0 Å². The summed E-state index contributed by atoms with van der Waals surface area (Å²) in [6, 6.07) is 152. The average Bonchev–Trinajstić information content (AvgIpc) is 0.727. The highest BCUT2D eigenvalue weighted by Gasteiger charge is 2.25. The van der Waals surface area contributed by atoms with E-state index >= 15 is 0 Å². The van der Waals surface area contributed by atoms with Crippen molar-refractivity contribution in [3.63, 3.8) is 0 Å². The summed E-state index contributed by atoms with van der Waals surface area (Å²) in [6.07, 6.45) is 0. The van der Waals surface area contributed by atoms with Crippen LogP contribution in [-0.4, -0.2) is 44.9 Å². The summed E-state index contributed by atoms with van der Waals surface area (Å²) < 4.78 is 0. The van der Waals surface area contributed by atoms with Crippen LogP contribution in [0.1, 0.15) is 33.4 Å². The lowest BCUT2D eigenvalue weighted by molar-refractivity contribution is 1.07. The Kier molecular flexibility index (Phi) is 22.0. The SMILES string of the molecule is N#Cc1cc(C#N)cc(-c2ccc(-c3ccc(-c4ccc(-c5nc(-c6ccccc6)nc(-c6cccc(-c7c(C#N)cc(-c8ccc(-c9cccc(-c%10nc(-c%11ccccc%11)nc(-c%11ccc(-c%12c(C#N)cc(-c%13ccc(-c%14ccc(-c%15nc(-c%16ccccc%16)nc(-c%16ccccc%16)n%15)cc%14)c%14ccccc%13%14)cc%12C#N)cc%11)n%10)c9)c9ccccc89)cc7C#N)c6)n5)cc4)c4ccccc34)cc2)c1. The zero-order valence-electron chi connectivity index (χ0n) is 73.5. The minimum Gasteiger partial charge on any atom is -0.208 e. The molecule has 15 heteroatoms. The maximum absolute atomic E-state index is 11.2. The molecule has 3 aromatic heterocycles. The molecule has 19 aromatic carbocycles. The minimum absolute atomic E-state index is 0.314. The van der Waals surface area contributed by atoms with Gasteiger partial charge < -0.3 is 0 Å². The van der Waals surface area contributed by atoms with E-state index in [9.17, 15) is 31.6 Å². The smallest absolute Gasteiger partial charge is 0.164 e. The van der Waals surface area contributed by atoms with Gasteiger partial charge in [0, 0.05) is 61.2 Å². The maximum atomic E-state index is 11.2. The average molecular weight is 1760 g/mol. The zero-order valence-corrected chi connectivity index (χ0v) is 73.5. The summed E-state index contributed by atoms with van der Waals surface area (Å²) in [5, 5.41) is 69.9. The second-order valence-corrected chi connectivity index (χ2v) is 33.3. The van der Waals surface area contributed by atoms with Gasteiger partial charge in [-0.05, 0) is 176 Å². The highest BCUT2D eigenvalue weighted by Crippen LogP contribution is 2.46. The lowest BCUT2D eigenvalue weighted by Gasteiger charge is -2.16. The predicted molar refractivity (Wildman–Crippen MR) is 545 cm³/mol. The number of hydrogen-bond donors (Lipinski definition) is 0. The van der Waals surface area contributed by atoms with E-state index in [0.717, 1.165) is 144 Å². The van der Waals surface area contributed by atoms with Crippen LogP contribution in [0, 0.1) is 68.0 Å². The molecule has 0 aliphatic heterocycles. The number of benzene rings is 19. The van der Waals surface area contributed by atoms with E-state index in [2.05, 4.69) is 152 Å². The molecule has 636 valence electrons. The third kappa shape index (κ3) is 16.1. The molecule has 0 atom stereocenters. The van der Waals surface area contributed by atoms with Gasteiger partial charge in [-0.25, -0.2) is 44.9 Å². The fourth-order valence-electron chi connectivity index (χ4n) is 18.4. The van der Waals surface area contributed by atoms with Gasteiger partial charge in [0.2, 0.25) is 0 Å². The van der Waals surface area contributed by atoms with Crippen LogP contribution in [0.15, 0.2) is 419 Å². The molecular formula is C123H69N15. The Balaban J connectivity index is 0.536. The lowest BCUT2D eigenvalue weighted by atomic mass is 9.87. The number of hydrogen-bond acceptors (Lipinski definition) is 15. The first-order valence-electron chi connectivity index (χ1n) is 44.7. The van der Waals surface area contributed by atoms with E-state index in [1.54, 1.807) is 18.2 Å². The fourth-order valence-corrected chi connectivity index (χ4v) is 18.4. The minimum atomic E-state index is 0.314. The summed E-state index contributed by atoms with van der Waals surface area (Å²) in [5.74, 6) is 4.40. The summed E-state index contributed by atoms with van der Waals surface area (Å²) in [7, 11) is 0. The quantitative estimate of drug-likeness (QED) is 0.0773. The molecule has 0 N–H and O–H groups in total. The van der Waals surface area contributed by atoms with E-state index in [-0.39, 0.29) is 0 Å². The Hall–Kier alpha value is -20.1. The molecular weight excluding hydrogens is 1690 g/mol. The molecule has 0 amide bonds. The first kappa shape index (κ1) is 83.5. The number of nitriles is 6. The molecule has 0 unspecified atom stereocenters. The van der Waals surface area contributed by atoms with E-state index in [1.165, 1.54) is 0 Å². The summed E-state index contributed by atoms with van der Waals surface area (Å²) in [5.41, 5.74) is 24.4. The van der Waals surface area contributed by atoms with E-state index in [0.29, 0.717) is 125 Å². The highest BCUT2D eigenvalue weighted by atomic mass is 15.1. The van der Waals surface area contributed by atoms with Crippen molar-refractivity contribution in [2.75, 3.05) is 0 Å². The van der Waals surface area contributed by atoms with Gasteiger partial charge >= 0.3 is 0 Å². The van der Waals surface area contributed by atoms with Crippen LogP contribution in [0.5, 0.6) is 0 Å². The molecule has 0 radical (unpaired) electrons. The second kappa shape index (κ2) is 36.3. The molecule has 0 aliphatic rings. The van der Waals surface area contributed by atoms with E-state index in [4.69, 9.17) is 44.9 Å². The molecule has 0 spiro atoms. The van der Waals surface area contributed by atoms with Crippen molar-refractivity contribution < 1.29 is 0 Å². The van der Waals surface area contributed by atoms with Crippen molar-refractivity contribution in [1.82, 2.24) is 44.9 Å². The largest absolute Gasteiger partial charge is 0.208 e. The third-order valence-electron chi connectivity index (χ3n) is 25.1. The highest BCUT2D eigenvalue weighted by molar-refractivity contribution is 6.09. The Morgan fingerprint density at radius 3 is 0.630 bits per heavy atom. The Labute approximate surface area is 794 Å². The monoisotopic (exact) mass is 1760 g/mol. The second-order valence-electron chi connectivity index (χ2n) is 33.3. The normalized spacial score (nSPS) is 11.0. The summed E-state index contributed by atoms with van der Waals surface area (Å²) >= 11 is 0. The van der Waals surface area contributed by atoms with Gasteiger partial charge in [-0.3, -0.25) is 0 Å². The predicted octanol–water partition coefficient (Wildman–Crippen LogP) is 28.9. The standard InChI is InChI=1S/C123H69N15/c124-70-76-61-77(71-125)63-94(62-76)78-39-41-79(42-40-78)101-55-56-102(108-34-14-13-33-107(101)108)80-45-51-88(52-46-80)120-133-118(86-27-11-4-12-28-86)136-123(138-120)93-32-20-30-91(65-93)114-99(74-128)68-96(69-100(114)75-129)106-60-58-104(110-36-16-18-38-112(106)110)90-29-19-31-92(64-90)122-135-117(85-25-9-3-10-26-85)134-121(137-122)89-53-47-82(48-54-89)113-97(72-126)66-95(67-98(113)73-127)105-59-57-103(109-35-15-17-37-111(105)109)81-43-49-87(50-44-81)119-131-115(83-21-5-1-6-22-83)130-116(132-119)84-23-7-2-8-24-84/h1-69H. The number of aromatic nitrogens is 9. The summed E-state index contributed by atoms with van der Waals surface area (Å²) in [4.78, 5) is 45.6. The summed E-state index contributed by atoms with van der Waals surface area (Å²) in [6.45, 7) is 0. The van der Waals surface area contributed by atoms with Gasteiger partial charge in [-0.2, -0.15) is 31.6 Å². The molecule has 0 fully saturated rings. The Bertz CT molecular complexity index is 8760. The van der Waals surface area contributed by atoms with Gasteiger partial charge in [-0.1, -0.05) is 364 Å². The molecule has 22 aromatic rings. The van der Waals surface area contributed by atoms with Crippen molar-refractivity contribution >= 4 is 32.3 Å². The van der Waals surface area contributed by atoms with Crippen LogP contribution < -0.4 is 0 Å². The van der Waals surface area contributed by atoms with Crippen LogP contribution in [-0.2, 0) is 0 Å². The van der Waals surface area contributed by atoms with Gasteiger partial charge in [0.25, 0.3) is 0 Å². The Morgan fingerprint density at radius 2 is 0.341 bits per heavy atom. The lowest BCUT2D eigenvalue weighted by Crippen LogP contribution is -2.00. The molecule has 0 bridgehead atoms. The van der Waals surface area contributed by atoms with Crippen molar-refractivity contribution in [1.29, 1.82) is 31.6 Å². The topological polar surface area (TPSA) is 259 Å². The number of fused-ring (bicyclic) bond motifs is 3. The fraction of sp³-hybridized carbons (Fsp3) is 0. The molecule has 15 nitrogen and oxygen atoms in total. The van der Waals surface area contributed by atoms with Crippen LogP contribution in [0.2, 0.25) is 0 Å². The number of nitrogens with zero attached hydrogens (tertiary/aromatic N) is 15. The van der Waals surface area contributed by atoms with E-state index in [1.807, 2.05) is 285 Å². The van der Waals surface area contributed by atoms with Crippen LogP contribution >= 0.6 is 0 Å². The third-order valence-corrected chi connectivity index (χ3v) is 25.1. The molecule has 138 heavy (non-hydrogen) atoms. The first-order chi connectivity index (χ1) is 68.1. The number of rotatable bonds is 18. The van der Waals surface area contributed by atoms with Crippen molar-refractivity contribution in [3.05, 3.63) is 452 Å². The van der Waals surface area contributed by atoms with Gasteiger partial charge in [0.15, 0.2) is 52.4 Å². The first-order valence-corrected chi connectivity index (χ1v) is 44.7. The van der Waals surface area contributed by atoms with Crippen molar-refractivity contribution in [3.8, 4) is 239 Å². The Morgan fingerprint density at radius 1 is 0.130 bits per heavy atom. The maximum Gasteiger partial charge on any atom is 0.164 e. The molecule has 0 saturated heterocycles. The van der Waals surface area contributed by atoms with Crippen LogP contribution in [0.25, 0.3) is 235 Å².